The summed E-state index contributed by atoms with van der Waals surface area (Å²) < 4.78 is 12.9. The molecule has 1 saturated carbocycles. The number of hydrogen-bond acceptors (Lipinski definition) is 7. The van der Waals surface area contributed by atoms with Crippen LogP contribution in [0.25, 0.3) is 10.9 Å². The molecule has 1 atom stereocenters. The van der Waals surface area contributed by atoms with Crippen LogP contribution in [0.15, 0.2) is 47.3 Å². The number of nitrogens with zero attached hydrogens (tertiary/aromatic N) is 5. The first kappa shape index (κ1) is 22.6. The minimum atomic E-state index is -0.428. The van der Waals surface area contributed by atoms with E-state index in [1.54, 1.807) is 20.3 Å². The normalized spacial score (nSPS) is 16.8. The van der Waals surface area contributed by atoms with E-state index in [1.165, 1.54) is 18.4 Å². The van der Waals surface area contributed by atoms with Gasteiger partial charge in [0.15, 0.2) is 17.3 Å². The van der Waals surface area contributed by atoms with E-state index in [0.29, 0.717) is 28.4 Å². The number of rotatable bonds is 6. The quantitative estimate of drug-likeness (QED) is 0.436. The Kier molecular flexibility index (Phi) is 5.83. The van der Waals surface area contributed by atoms with E-state index in [-0.39, 0.29) is 11.6 Å². The summed E-state index contributed by atoms with van der Waals surface area (Å²) in [7, 11) is 3.20. The van der Waals surface area contributed by atoms with Crippen LogP contribution in [-0.4, -0.2) is 46.0 Å². The summed E-state index contributed by atoms with van der Waals surface area (Å²) in [4.78, 5) is 19.1. The maximum atomic E-state index is 13.7. The Morgan fingerprint density at radius 3 is 2.61 bits per heavy atom. The van der Waals surface area contributed by atoms with Crippen molar-refractivity contribution in [1.29, 1.82) is 0 Å². The number of H-pyrrole nitrogens is 1. The third-order valence-corrected chi connectivity index (χ3v) is 7.56. The zero-order chi connectivity index (χ0) is 24.6. The molecule has 186 valence electrons. The van der Waals surface area contributed by atoms with Crippen molar-refractivity contribution in [2.75, 3.05) is 25.7 Å². The van der Waals surface area contributed by atoms with E-state index in [9.17, 15) is 4.79 Å². The van der Waals surface area contributed by atoms with E-state index in [2.05, 4.69) is 49.7 Å². The zero-order valence-corrected chi connectivity index (χ0v) is 20.6. The van der Waals surface area contributed by atoms with Gasteiger partial charge in [-0.05, 0) is 59.9 Å². The molecular formula is C27H30N6O3. The molecular weight excluding hydrogens is 456 g/mol. The van der Waals surface area contributed by atoms with Crippen LogP contribution in [0.2, 0.25) is 0 Å². The van der Waals surface area contributed by atoms with Crippen molar-refractivity contribution in [3.05, 3.63) is 69.8 Å². The number of hydrogen-bond donors (Lipinski definition) is 1. The number of fused-ring (bicyclic) bond motifs is 2. The Morgan fingerprint density at radius 2 is 1.81 bits per heavy atom. The monoisotopic (exact) mass is 486 g/mol. The molecule has 1 unspecified atom stereocenters. The number of benzene rings is 2. The average molecular weight is 487 g/mol. The van der Waals surface area contributed by atoms with Crippen molar-refractivity contribution in [2.45, 2.75) is 50.6 Å². The summed E-state index contributed by atoms with van der Waals surface area (Å²) in [5, 5.41) is 13.9. The fourth-order valence-electron chi connectivity index (χ4n) is 5.82. The highest BCUT2D eigenvalue weighted by Gasteiger charge is 2.35. The number of tetrazole rings is 1. The Hall–Kier alpha value is -3.88. The molecule has 1 aliphatic carbocycles. The van der Waals surface area contributed by atoms with Crippen molar-refractivity contribution in [2.24, 2.45) is 0 Å². The van der Waals surface area contributed by atoms with E-state index in [4.69, 9.17) is 9.47 Å². The van der Waals surface area contributed by atoms with Crippen LogP contribution in [0.4, 0.5) is 5.69 Å². The Bertz CT molecular complexity index is 1460. The first-order valence-electron chi connectivity index (χ1n) is 12.6. The van der Waals surface area contributed by atoms with Crippen molar-refractivity contribution < 1.29 is 9.47 Å². The second-order valence-corrected chi connectivity index (χ2v) is 9.60. The van der Waals surface area contributed by atoms with Gasteiger partial charge in [0.2, 0.25) is 0 Å². The Morgan fingerprint density at radius 1 is 1.03 bits per heavy atom. The number of pyridine rings is 1. The highest BCUT2D eigenvalue weighted by Crippen LogP contribution is 2.39. The molecule has 9 nitrogen and oxygen atoms in total. The van der Waals surface area contributed by atoms with Crippen LogP contribution in [-0.2, 0) is 6.42 Å². The highest BCUT2D eigenvalue weighted by atomic mass is 16.5. The van der Waals surface area contributed by atoms with Gasteiger partial charge in [0.1, 0.15) is 6.04 Å². The van der Waals surface area contributed by atoms with Crippen LogP contribution < -0.4 is 19.9 Å². The Labute approximate surface area is 209 Å². The molecule has 1 N–H and O–H groups in total. The smallest absolute Gasteiger partial charge is 0.254 e. The number of aryl methyl sites for hydroxylation is 1. The molecule has 0 bridgehead atoms. The molecule has 0 radical (unpaired) electrons. The molecule has 36 heavy (non-hydrogen) atoms. The number of ether oxygens (including phenoxy) is 2. The van der Waals surface area contributed by atoms with Gasteiger partial charge in [-0.15, -0.1) is 5.10 Å². The molecule has 3 heterocycles. The number of para-hydroxylation sites is 1. The SMILES string of the molecule is COc1cc2cc(C(c3nnnn3C3CCCC3)N3CCCc4ccccc43)c(=O)[nH]c2cc1OC. The van der Waals surface area contributed by atoms with Crippen LogP contribution in [0.1, 0.15) is 61.1 Å². The van der Waals surface area contributed by atoms with Crippen molar-refractivity contribution >= 4 is 16.6 Å². The second kappa shape index (κ2) is 9.29. The van der Waals surface area contributed by atoms with E-state index in [0.717, 1.165) is 43.3 Å². The number of aromatic amines is 1. The molecule has 1 aliphatic heterocycles. The van der Waals surface area contributed by atoms with E-state index >= 15 is 0 Å². The summed E-state index contributed by atoms with van der Waals surface area (Å²) in [5.74, 6) is 1.89. The lowest BCUT2D eigenvalue weighted by molar-refractivity contribution is 0.356. The summed E-state index contributed by atoms with van der Waals surface area (Å²) in [6.45, 7) is 0.808. The minimum absolute atomic E-state index is 0.163. The number of aromatic nitrogens is 5. The number of methoxy groups -OCH3 is 2. The molecule has 0 amide bonds. The molecule has 0 spiro atoms. The highest BCUT2D eigenvalue weighted by molar-refractivity contribution is 5.83. The lowest BCUT2D eigenvalue weighted by atomic mass is 9.96. The third kappa shape index (κ3) is 3.79. The predicted molar refractivity (Wildman–Crippen MR) is 137 cm³/mol. The van der Waals surface area contributed by atoms with E-state index in [1.807, 2.05) is 16.8 Å². The second-order valence-electron chi connectivity index (χ2n) is 9.60. The van der Waals surface area contributed by atoms with Crippen LogP contribution in [0.3, 0.4) is 0 Å². The first-order valence-corrected chi connectivity index (χ1v) is 12.6. The van der Waals surface area contributed by atoms with Gasteiger partial charge in [-0.2, -0.15) is 0 Å². The van der Waals surface area contributed by atoms with Crippen LogP contribution in [0.5, 0.6) is 11.5 Å². The molecule has 2 aromatic heterocycles. The summed E-state index contributed by atoms with van der Waals surface area (Å²) in [5.41, 5.74) is 3.54. The van der Waals surface area contributed by atoms with Crippen LogP contribution >= 0.6 is 0 Å². The summed E-state index contributed by atoms with van der Waals surface area (Å²) in [6, 6.07) is 13.9. The number of anilines is 1. The van der Waals surface area contributed by atoms with Gasteiger partial charge in [-0.1, -0.05) is 31.0 Å². The van der Waals surface area contributed by atoms with Crippen molar-refractivity contribution in [1.82, 2.24) is 25.2 Å². The summed E-state index contributed by atoms with van der Waals surface area (Å²) in [6.07, 6.45) is 6.44. The maximum Gasteiger partial charge on any atom is 0.254 e. The molecule has 4 aromatic rings. The first-order chi connectivity index (χ1) is 17.7. The maximum absolute atomic E-state index is 13.7. The molecule has 0 saturated heterocycles. The fraction of sp³-hybridized carbons (Fsp3) is 0.407. The van der Waals surface area contributed by atoms with Gasteiger partial charge < -0.3 is 19.4 Å². The lowest BCUT2D eigenvalue weighted by Crippen LogP contribution is -2.38. The summed E-state index contributed by atoms with van der Waals surface area (Å²) >= 11 is 0. The zero-order valence-electron chi connectivity index (χ0n) is 20.6. The van der Waals surface area contributed by atoms with Gasteiger partial charge in [0.25, 0.3) is 5.56 Å². The number of nitrogens with one attached hydrogen (secondary N) is 1. The van der Waals surface area contributed by atoms with Crippen LogP contribution in [0, 0.1) is 0 Å². The lowest BCUT2D eigenvalue weighted by Gasteiger charge is -2.37. The molecule has 6 rings (SSSR count). The Balaban J connectivity index is 1.56. The fourth-order valence-corrected chi connectivity index (χ4v) is 5.82. The van der Waals surface area contributed by atoms with Crippen molar-refractivity contribution in [3.8, 4) is 11.5 Å². The standard InChI is InChI=1S/C27H30N6O3/c1-35-23-15-18-14-20(27(34)28-21(18)16-24(23)36-2)25(26-29-30-31-33(26)19-10-4-5-11-19)32-13-7-9-17-8-3-6-12-22(17)32/h3,6,8,12,14-16,19,25H,4-5,7,9-11,13H2,1-2H3,(H,28,34). The largest absolute Gasteiger partial charge is 0.493 e. The van der Waals surface area contributed by atoms with Gasteiger partial charge in [-0.25, -0.2) is 4.68 Å². The van der Waals surface area contributed by atoms with E-state index < -0.39 is 6.04 Å². The van der Waals surface area contributed by atoms with Gasteiger partial charge in [0.05, 0.1) is 25.8 Å². The molecule has 1 fully saturated rings. The molecule has 2 aliphatic rings. The van der Waals surface area contributed by atoms with Gasteiger partial charge in [0, 0.05) is 29.2 Å². The van der Waals surface area contributed by atoms with Crippen molar-refractivity contribution in [3.63, 3.8) is 0 Å². The molecule has 2 aromatic carbocycles. The average Bonchev–Trinajstić information content (AvgIpc) is 3.61. The minimum Gasteiger partial charge on any atom is -0.493 e. The van der Waals surface area contributed by atoms with Gasteiger partial charge >= 0.3 is 0 Å². The third-order valence-electron chi connectivity index (χ3n) is 7.56. The predicted octanol–water partition coefficient (Wildman–Crippen LogP) is 4.19. The topological polar surface area (TPSA) is 98.2 Å². The van der Waals surface area contributed by atoms with Gasteiger partial charge in [-0.3, -0.25) is 4.79 Å². The molecule has 9 heteroatoms.